The van der Waals surface area contributed by atoms with Crippen LogP contribution in [0.3, 0.4) is 0 Å². The lowest BCUT2D eigenvalue weighted by Gasteiger charge is -2.01. The second-order valence-corrected chi connectivity index (χ2v) is 2.53. The molecular formula is C8H12N4O. The van der Waals surface area contributed by atoms with E-state index in [4.69, 9.17) is 11.6 Å². The number of amides is 1. The van der Waals surface area contributed by atoms with Crippen molar-refractivity contribution >= 4 is 5.91 Å². The van der Waals surface area contributed by atoms with E-state index >= 15 is 0 Å². The molecule has 0 spiro atoms. The van der Waals surface area contributed by atoms with E-state index in [2.05, 4.69) is 4.98 Å². The van der Waals surface area contributed by atoms with Crippen molar-refractivity contribution in [3.8, 4) is 0 Å². The maximum absolute atomic E-state index is 11.0. The van der Waals surface area contributed by atoms with Gasteiger partial charge in [0, 0.05) is 12.1 Å². The van der Waals surface area contributed by atoms with Gasteiger partial charge in [0.1, 0.15) is 5.69 Å². The number of nitrogens with two attached hydrogens (primary N) is 2. The zero-order chi connectivity index (χ0) is 9.68. The van der Waals surface area contributed by atoms with E-state index in [9.17, 15) is 4.79 Å². The van der Waals surface area contributed by atoms with Gasteiger partial charge in [0.15, 0.2) is 0 Å². The first-order valence-corrected chi connectivity index (χ1v) is 3.95. The predicted octanol–water partition coefficient (Wildman–Crippen LogP) is -0.814. The molecule has 0 saturated carbocycles. The van der Waals surface area contributed by atoms with Crippen LogP contribution < -0.4 is 17.0 Å². The van der Waals surface area contributed by atoms with Gasteiger partial charge in [-0.15, -0.1) is 0 Å². The van der Waals surface area contributed by atoms with E-state index in [1.807, 2.05) is 11.5 Å². The molecule has 0 aliphatic heterocycles. The fraction of sp³-hybridized carbons (Fsp3) is 0.250. The second kappa shape index (κ2) is 4.54. The van der Waals surface area contributed by atoms with Crippen molar-refractivity contribution in [2.75, 3.05) is 6.54 Å². The first-order chi connectivity index (χ1) is 6.27. The molecular weight excluding hydrogens is 168 g/mol. The van der Waals surface area contributed by atoms with Crippen LogP contribution in [0.2, 0.25) is 0 Å². The Labute approximate surface area is 76.1 Å². The highest BCUT2D eigenvalue weighted by molar-refractivity contribution is 5.91. The summed E-state index contributed by atoms with van der Waals surface area (Å²) in [7, 11) is 0. The lowest BCUT2D eigenvalue weighted by Crippen LogP contribution is -2.30. The van der Waals surface area contributed by atoms with Gasteiger partial charge < -0.3 is 5.73 Å². The second-order valence-electron chi connectivity index (χ2n) is 2.53. The van der Waals surface area contributed by atoms with E-state index in [1.54, 1.807) is 12.1 Å². The number of hydrogen-bond acceptors (Lipinski definition) is 4. The maximum atomic E-state index is 11.0. The first-order valence-electron chi connectivity index (χ1n) is 3.95. The number of nitrogen functional groups attached to an aromatic ring is 1. The van der Waals surface area contributed by atoms with Crippen molar-refractivity contribution in [2.45, 2.75) is 6.42 Å². The number of hydrogen-bond donors (Lipinski definition) is 3. The van der Waals surface area contributed by atoms with E-state index < -0.39 is 0 Å². The van der Waals surface area contributed by atoms with Gasteiger partial charge in [-0.05, 0) is 18.7 Å². The Balaban J connectivity index is 2.85. The number of carbonyl (C=O) groups is 1. The molecule has 0 fully saturated rings. The number of hydrazine groups is 1. The molecule has 0 radical (unpaired) electrons. The number of rotatable bonds is 3. The van der Waals surface area contributed by atoms with Gasteiger partial charge in [-0.3, -0.25) is 10.2 Å². The minimum absolute atomic E-state index is 0.313. The third-order valence-electron chi connectivity index (χ3n) is 1.57. The van der Waals surface area contributed by atoms with Gasteiger partial charge in [0.2, 0.25) is 0 Å². The van der Waals surface area contributed by atoms with Gasteiger partial charge >= 0.3 is 0 Å². The normalized spacial score (nSPS) is 9.69. The average Bonchev–Trinajstić information content (AvgIpc) is 2.18. The third kappa shape index (κ3) is 2.50. The van der Waals surface area contributed by atoms with Crippen LogP contribution in [0.25, 0.3) is 0 Å². The highest BCUT2D eigenvalue weighted by Crippen LogP contribution is 1.99. The highest BCUT2D eigenvalue weighted by Gasteiger charge is 2.04. The zero-order valence-electron chi connectivity index (χ0n) is 7.16. The molecule has 0 aliphatic carbocycles. The maximum Gasteiger partial charge on any atom is 0.283 e. The molecule has 1 heterocycles. The molecule has 0 saturated heterocycles. The lowest BCUT2D eigenvalue weighted by atomic mass is 10.2. The smallest absolute Gasteiger partial charge is 0.283 e. The Bertz CT molecular complexity index is 300. The molecule has 1 aromatic heterocycles. The molecule has 1 rings (SSSR count). The predicted molar refractivity (Wildman–Crippen MR) is 48.6 cm³/mol. The van der Waals surface area contributed by atoms with Crippen LogP contribution in [0.5, 0.6) is 0 Å². The molecule has 0 bridgehead atoms. The average molecular weight is 180 g/mol. The molecule has 5 heteroatoms. The molecule has 0 atom stereocenters. The minimum atomic E-state index is -0.390. The summed E-state index contributed by atoms with van der Waals surface area (Å²) in [5.41, 5.74) is 8.48. The summed E-state index contributed by atoms with van der Waals surface area (Å²) in [5.74, 6) is 4.57. The highest BCUT2D eigenvalue weighted by atomic mass is 16.2. The van der Waals surface area contributed by atoms with Gasteiger partial charge in [-0.25, -0.2) is 10.8 Å². The standard InChI is InChI=1S/C8H12N4O/c9-5-4-6-2-1-3-7(11-6)8(13)12-10/h1-3H,4-5,9-10H2,(H,12,13). The fourth-order valence-corrected chi connectivity index (χ4v) is 0.967. The monoisotopic (exact) mass is 180 g/mol. The molecule has 1 aromatic rings. The number of nitrogens with one attached hydrogen (secondary N) is 1. The molecule has 1 amide bonds. The van der Waals surface area contributed by atoms with Crippen LogP contribution in [-0.2, 0) is 6.42 Å². The topological polar surface area (TPSA) is 94.0 Å². The number of carbonyl (C=O) groups excluding carboxylic acids is 1. The summed E-state index contributed by atoms with van der Waals surface area (Å²) in [5, 5.41) is 0. The third-order valence-corrected chi connectivity index (χ3v) is 1.57. The van der Waals surface area contributed by atoms with Crippen LogP contribution in [0, 0.1) is 0 Å². The van der Waals surface area contributed by atoms with Crippen LogP contribution in [-0.4, -0.2) is 17.4 Å². The minimum Gasteiger partial charge on any atom is -0.330 e. The Morgan fingerprint density at radius 3 is 2.92 bits per heavy atom. The Hall–Kier alpha value is -1.46. The molecule has 0 aromatic carbocycles. The molecule has 13 heavy (non-hydrogen) atoms. The van der Waals surface area contributed by atoms with Gasteiger partial charge in [-0.2, -0.15) is 0 Å². The van der Waals surface area contributed by atoms with E-state index in [1.165, 1.54) is 0 Å². The SMILES string of the molecule is NCCc1cccc(C(=O)NN)n1. The van der Waals surface area contributed by atoms with Crippen molar-refractivity contribution in [3.05, 3.63) is 29.6 Å². The van der Waals surface area contributed by atoms with Gasteiger partial charge in [-0.1, -0.05) is 6.07 Å². The van der Waals surface area contributed by atoms with Crippen molar-refractivity contribution in [2.24, 2.45) is 11.6 Å². The Morgan fingerprint density at radius 1 is 1.54 bits per heavy atom. The van der Waals surface area contributed by atoms with Crippen molar-refractivity contribution < 1.29 is 4.79 Å². The van der Waals surface area contributed by atoms with Gasteiger partial charge in [0.25, 0.3) is 5.91 Å². The number of pyridine rings is 1. The largest absolute Gasteiger partial charge is 0.330 e. The molecule has 70 valence electrons. The summed E-state index contributed by atoms with van der Waals surface area (Å²) >= 11 is 0. The Morgan fingerprint density at radius 2 is 2.31 bits per heavy atom. The van der Waals surface area contributed by atoms with Crippen molar-refractivity contribution in [1.29, 1.82) is 0 Å². The first kappa shape index (κ1) is 9.63. The number of nitrogens with zero attached hydrogens (tertiary/aromatic N) is 1. The Kier molecular flexibility index (Phi) is 3.36. The summed E-state index contributed by atoms with van der Waals surface area (Å²) in [6, 6.07) is 5.17. The molecule has 5 N–H and O–H groups in total. The van der Waals surface area contributed by atoms with Crippen LogP contribution in [0.15, 0.2) is 18.2 Å². The number of aromatic nitrogens is 1. The molecule has 0 aliphatic rings. The van der Waals surface area contributed by atoms with E-state index in [0.717, 1.165) is 5.69 Å². The summed E-state index contributed by atoms with van der Waals surface area (Å²) in [6.07, 6.45) is 0.658. The quantitative estimate of drug-likeness (QED) is 0.322. The van der Waals surface area contributed by atoms with Crippen molar-refractivity contribution in [3.63, 3.8) is 0 Å². The summed E-state index contributed by atoms with van der Waals surface area (Å²) < 4.78 is 0. The van der Waals surface area contributed by atoms with E-state index in [-0.39, 0.29) is 5.91 Å². The van der Waals surface area contributed by atoms with Crippen LogP contribution in [0.1, 0.15) is 16.2 Å². The van der Waals surface area contributed by atoms with Gasteiger partial charge in [0.05, 0.1) is 0 Å². The van der Waals surface area contributed by atoms with E-state index in [0.29, 0.717) is 18.7 Å². The van der Waals surface area contributed by atoms with Crippen LogP contribution in [0.4, 0.5) is 0 Å². The fourth-order valence-electron chi connectivity index (χ4n) is 0.967. The summed E-state index contributed by atoms with van der Waals surface area (Å²) in [6.45, 7) is 0.515. The van der Waals surface area contributed by atoms with Crippen molar-refractivity contribution in [1.82, 2.24) is 10.4 Å². The molecule has 0 unspecified atom stereocenters. The lowest BCUT2D eigenvalue weighted by molar-refractivity contribution is 0.0948. The molecule has 5 nitrogen and oxygen atoms in total. The summed E-state index contributed by atoms with van der Waals surface area (Å²) in [4.78, 5) is 15.1. The zero-order valence-corrected chi connectivity index (χ0v) is 7.16. The van der Waals surface area contributed by atoms with Crippen LogP contribution >= 0.6 is 0 Å².